The van der Waals surface area contributed by atoms with Crippen LogP contribution in [0.25, 0.3) is 0 Å². The molecule has 0 saturated carbocycles. The average molecular weight is 552 g/mol. The average Bonchev–Trinajstić information content (AvgIpc) is 2.58. The van der Waals surface area contributed by atoms with E-state index >= 15 is 0 Å². The van der Waals surface area contributed by atoms with Crippen molar-refractivity contribution in [2.24, 2.45) is 5.10 Å². The second kappa shape index (κ2) is 8.51. The lowest BCUT2D eigenvalue weighted by molar-refractivity contribution is 0.0954. The first-order chi connectivity index (χ1) is 11.5. The van der Waals surface area contributed by atoms with Gasteiger partial charge in [-0.2, -0.15) is 5.10 Å². The highest BCUT2D eigenvalue weighted by atomic mass is 127. The second-order valence-corrected chi connectivity index (χ2v) is 7.00. The Balaban J connectivity index is 2.13. The third kappa shape index (κ3) is 4.50. The van der Waals surface area contributed by atoms with Gasteiger partial charge >= 0.3 is 0 Å². The van der Waals surface area contributed by atoms with Crippen LogP contribution in [0.3, 0.4) is 0 Å². The second-order valence-electron chi connectivity index (χ2n) is 4.59. The molecule has 0 radical (unpaired) electrons. The minimum absolute atomic E-state index is 0.125. The zero-order chi connectivity index (χ0) is 17.7. The fourth-order valence-electron chi connectivity index (χ4n) is 1.89. The van der Waals surface area contributed by atoms with Gasteiger partial charge in [0.15, 0.2) is 11.5 Å². The van der Waals surface area contributed by atoms with Gasteiger partial charge in [-0.25, -0.2) is 5.43 Å². The van der Waals surface area contributed by atoms with Crippen LogP contribution < -0.4 is 14.9 Å². The predicted octanol–water partition coefficient (Wildman–Crippen LogP) is 3.38. The molecule has 0 spiro atoms. The molecule has 2 N–H and O–H groups in total. The third-order valence-electron chi connectivity index (χ3n) is 3.07. The van der Waals surface area contributed by atoms with Crippen LogP contribution in [0.4, 0.5) is 0 Å². The number of carbonyl (C=O) groups is 1. The Kier molecular flexibility index (Phi) is 6.66. The van der Waals surface area contributed by atoms with E-state index in [0.29, 0.717) is 26.2 Å². The summed E-state index contributed by atoms with van der Waals surface area (Å²) < 4.78 is 12.0. The van der Waals surface area contributed by atoms with Gasteiger partial charge in [0, 0.05) is 14.7 Å². The molecule has 2 aromatic carbocycles. The van der Waals surface area contributed by atoms with Crippen LogP contribution in [-0.4, -0.2) is 31.4 Å². The number of halogens is 2. The number of carbonyl (C=O) groups excluding carboxylic acids is 1. The molecule has 0 bridgehead atoms. The topological polar surface area (TPSA) is 80.2 Å². The van der Waals surface area contributed by atoms with Crippen molar-refractivity contribution >= 4 is 57.3 Å². The molecule has 0 fully saturated rings. The Morgan fingerprint density at radius 1 is 1.17 bits per heavy atom. The van der Waals surface area contributed by atoms with Gasteiger partial charge in [0.05, 0.1) is 24.0 Å². The molecule has 0 aliphatic rings. The Labute approximate surface area is 166 Å². The van der Waals surface area contributed by atoms with Crippen molar-refractivity contribution < 1.29 is 19.4 Å². The van der Waals surface area contributed by atoms with Crippen molar-refractivity contribution in [1.29, 1.82) is 0 Å². The number of amides is 1. The molecule has 8 heteroatoms. The SMILES string of the molecule is COc1ccc(C(=O)N/N=C/c2cc(I)cc(I)c2O)cc1OC. The van der Waals surface area contributed by atoms with E-state index in [2.05, 4.69) is 33.1 Å². The normalized spacial score (nSPS) is 10.7. The summed E-state index contributed by atoms with van der Waals surface area (Å²) in [5.74, 6) is 0.724. The Hall–Kier alpha value is -1.56. The van der Waals surface area contributed by atoms with Gasteiger partial charge in [-0.1, -0.05) is 0 Å². The predicted molar refractivity (Wildman–Crippen MR) is 108 cm³/mol. The molecule has 0 heterocycles. The van der Waals surface area contributed by atoms with Gasteiger partial charge in [-0.05, 0) is 75.5 Å². The highest BCUT2D eigenvalue weighted by Gasteiger charge is 2.10. The van der Waals surface area contributed by atoms with E-state index in [1.807, 2.05) is 28.7 Å². The standard InChI is InChI=1S/C16H14I2N2O4/c1-23-13-4-3-9(6-14(13)24-2)16(22)20-19-8-10-5-11(17)7-12(18)15(10)21/h3-8,21H,1-2H3,(H,20,22)/b19-8+. The lowest BCUT2D eigenvalue weighted by Gasteiger charge is -2.08. The van der Waals surface area contributed by atoms with Crippen molar-refractivity contribution in [2.45, 2.75) is 0 Å². The minimum Gasteiger partial charge on any atom is -0.506 e. The first kappa shape index (κ1) is 18.8. The Morgan fingerprint density at radius 3 is 2.54 bits per heavy atom. The maximum Gasteiger partial charge on any atom is 0.271 e. The van der Waals surface area contributed by atoms with E-state index in [9.17, 15) is 9.90 Å². The Morgan fingerprint density at radius 2 is 1.88 bits per heavy atom. The molecular formula is C16H14I2N2O4. The molecule has 0 aliphatic carbocycles. The van der Waals surface area contributed by atoms with Gasteiger partial charge < -0.3 is 14.6 Å². The molecule has 0 aliphatic heterocycles. The van der Waals surface area contributed by atoms with E-state index in [4.69, 9.17) is 9.47 Å². The molecule has 2 rings (SSSR count). The molecule has 0 saturated heterocycles. The van der Waals surface area contributed by atoms with Crippen LogP contribution in [-0.2, 0) is 0 Å². The van der Waals surface area contributed by atoms with Crippen molar-refractivity contribution in [1.82, 2.24) is 5.43 Å². The van der Waals surface area contributed by atoms with Gasteiger partial charge in [0.1, 0.15) is 5.75 Å². The third-order valence-corrected chi connectivity index (χ3v) is 4.52. The maximum atomic E-state index is 12.1. The van der Waals surface area contributed by atoms with E-state index in [-0.39, 0.29) is 5.75 Å². The zero-order valence-corrected chi connectivity index (χ0v) is 17.2. The van der Waals surface area contributed by atoms with E-state index < -0.39 is 5.91 Å². The monoisotopic (exact) mass is 552 g/mol. The number of benzene rings is 2. The number of aromatic hydroxyl groups is 1. The number of phenols is 1. The molecule has 1 amide bonds. The number of hydrogen-bond acceptors (Lipinski definition) is 5. The summed E-state index contributed by atoms with van der Waals surface area (Å²) in [6.45, 7) is 0. The van der Waals surface area contributed by atoms with Gasteiger partial charge in [-0.15, -0.1) is 0 Å². The quantitative estimate of drug-likeness (QED) is 0.339. The molecule has 2 aromatic rings. The van der Waals surface area contributed by atoms with Crippen LogP contribution in [0.5, 0.6) is 17.2 Å². The zero-order valence-electron chi connectivity index (χ0n) is 12.8. The number of phenolic OH excluding ortho intramolecular Hbond substituents is 1. The van der Waals surface area contributed by atoms with Crippen molar-refractivity contribution in [3.8, 4) is 17.2 Å². The molecule has 6 nitrogen and oxygen atoms in total. The largest absolute Gasteiger partial charge is 0.506 e. The van der Waals surface area contributed by atoms with Crippen LogP contribution in [0.1, 0.15) is 15.9 Å². The molecule has 0 aromatic heterocycles. The van der Waals surface area contributed by atoms with E-state index in [1.165, 1.54) is 20.4 Å². The molecule has 0 unspecified atom stereocenters. The summed E-state index contributed by atoms with van der Waals surface area (Å²) in [7, 11) is 3.02. The molecule has 126 valence electrons. The first-order valence-electron chi connectivity index (χ1n) is 6.69. The van der Waals surface area contributed by atoms with Crippen LogP contribution in [0.15, 0.2) is 35.4 Å². The van der Waals surface area contributed by atoms with Crippen LogP contribution >= 0.6 is 45.2 Å². The van der Waals surface area contributed by atoms with Crippen molar-refractivity contribution in [3.63, 3.8) is 0 Å². The van der Waals surface area contributed by atoms with E-state index in [1.54, 1.807) is 24.3 Å². The molecular weight excluding hydrogens is 538 g/mol. The summed E-state index contributed by atoms with van der Waals surface area (Å²) in [6, 6.07) is 8.43. The summed E-state index contributed by atoms with van der Waals surface area (Å²) in [4.78, 5) is 12.1. The smallest absolute Gasteiger partial charge is 0.271 e. The highest BCUT2D eigenvalue weighted by molar-refractivity contribution is 14.1. The summed E-state index contributed by atoms with van der Waals surface area (Å²) in [5, 5.41) is 13.9. The van der Waals surface area contributed by atoms with Crippen LogP contribution in [0, 0.1) is 7.14 Å². The van der Waals surface area contributed by atoms with Crippen molar-refractivity contribution in [3.05, 3.63) is 48.6 Å². The summed E-state index contributed by atoms with van der Waals surface area (Å²) >= 11 is 4.18. The van der Waals surface area contributed by atoms with E-state index in [0.717, 1.165) is 3.57 Å². The minimum atomic E-state index is -0.396. The molecule has 0 atom stereocenters. The van der Waals surface area contributed by atoms with Gasteiger partial charge in [0.25, 0.3) is 5.91 Å². The Bertz CT molecular complexity index is 794. The lowest BCUT2D eigenvalue weighted by Crippen LogP contribution is -2.17. The maximum absolute atomic E-state index is 12.1. The lowest BCUT2D eigenvalue weighted by atomic mass is 10.2. The molecule has 24 heavy (non-hydrogen) atoms. The number of methoxy groups -OCH3 is 2. The highest BCUT2D eigenvalue weighted by Crippen LogP contribution is 2.27. The van der Waals surface area contributed by atoms with Gasteiger partial charge in [0.2, 0.25) is 0 Å². The fourth-order valence-corrected chi connectivity index (χ4v) is 3.78. The number of hydrazone groups is 1. The van der Waals surface area contributed by atoms with Crippen molar-refractivity contribution in [2.75, 3.05) is 14.2 Å². The van der Waals surface area contributed by atoms with Gasteiger partial charge in [-0.3, -0.25) is 4.79 Å². The summed E-state index contributed by atoms with van der Waals surface area (Å²) in [6.07, 6.45) is 1.40. The number of hydrogen-bond donors (Lipinski definition) is 2. The number of nitrogens with zero attached hydrogens (tertiary/aromatic N) is 1. The number of nitrogens with one attached hydrogen (secondary N) is 1. The van der Waals surface area contributed by atoms with Crippen LogP contribution in [0.2, 0.25) is 0 Å². The summed E-state index contributed by atoms with van der Waals surface area (Å²) in [5.41, 5.74) is 3.33. The first-order valence-corrected chi connectivity index (χ1v) is 8.85. The number of ether oxygens (including phenoxy) is 2. The number of rotatable bonds is 5. The fraction of sp³-hybridized carbons (Fsp3) is 0.125.